The molecule has 1 aromatic heterocycles. The van der Waals surface area contributed by atoms with Crippen LogP contribution in [-0.4, -0.2) is 40.6 Å². The molecule has 1 heterocycles. The SMILES string of the molecule is COc1ccccc1-n1cc(C(=O)N[C@H](CO)CC2CCCCC2)cn1. The third kappa shape index (κ3) is 4.43. The van der Waals surface area contributed by atoms with Gasteiger partial charge < -0.3 is 15.2 Å². The minimum absolute atomic E-state index is 0.0388. The molecule has 0 spiro atoms. The summed E-state index contributed by atoms with van der Waals surface area (Å²) < 4.78 is 6.97. The van der Waals surface area contributed by atoms with Crippen LogP contribution in [0.1, 0.15) is 48.9 Å². The predicted octanol–water partition coefficient (Wildman–Crippen LogP) is 2.94. The number of hydrogen-bond donors (Lipinski definition) is 2. The zero-order valence-corrected chi connectivity index (χ0v) is 15.2. The summed E-state index contributed by atoms with van der Waals surface area (Å²) in [5.41, 5.74) is 1.24. The Morgan fingerprint density at radius 3 is 2.85 bits per heavy atom. The van der Waals surface area contributed by atoms with Crippen LogP contribution in [0.15, 0.2) is 36.7 Å². The molecule has 1 aromatic carbocycles. The number of benzene rings is 1. The minimum Gasteiger partial charge on any atom is -0.494 e. The molecule has 3 rings (SSSR count). The van der Waals surface area contributed by atoms with Gasteiger partial charge in [-0.15, -0.1) is 0 Å². The molecule has 0 aliphatic heterocycles. The first-order chi connectivity index (χ1) is 12.7. The maximum atomic E-state index is 12.5. The molecule has 26 heavy (non-hydrogen) atoms. The van der Waals surface area contributed by atoms with Gasteiger partial charge in [-0.25, -0.2) is 4.68 Å². The number of para-hydroxylation sites is 2. The quantitative estimate of drug-likeness (QED) is 0.799. The molecule has 6 heteroatoms. The van der Waals surface area contributed by atoms with Gasteiger partial charge in [-0.1, -0.05) is 44.2 Å². The highest BCUT2D eigenvalue weighted by molar-refractivity contribution is 5.94. The van der Waals surface area contributed by atoms with Crippen molar-refractivity contribution < 1.29 is 14.6 Å². The summed E-state index contributed by atoms with van der Waals surface area (Å²) in [6.45, 7) is -0.0388. The van der Waals surface area contributed by atoms with Crippen LogP contribution in [0.4, 0.5) is 0 Å². The van der Waals surface area contributed by atoms with E-state index >= 15 is 0 Å². The minimum atomic E-state index is -0.208. The fourth-order valence-electron chi connectivity index (χ4n) is 3.66. The highest BCUT2D eigenvalue weighted by Crippen LogP contribution is 2.27. The number of methoxy groups -OCH3 is 1. The van der Waals surface area contributed by atoms with E-state index in [2.05, 4.69) is 10.4 Å². The Morgan fingerprint density at radius 1 is 1.35 bits per heavy atom. The van der Waals surface area contributed by atoms with Crippen LogP contribution in [-0.2, 0) is 0 Å². The molecule has 2 aromatic rings. The van der Waals surface area contributed by atoms with E-state index in [9.17, 15) is 9.90 Å². The first-order valence-corrected chi connectivity index (χ1v) is 9.31. The molecule has 0 saturated heterocycles. The number of carbonyl (C=O) groups excluding carboxylic acids is 1. The molecule has 0 unspecified atom stereocenters. The highest BCUT2D eigenvalue weighted by Gasteiger charge is 2.21. The molecule has 1 aliphatic rings. The van der Waals surface area contributed by atoms with Crippen molar-refractivity contribution >= 4 is 5.91 Å². The Balaban J connectivity index is 1.65. The molecule has 0 radical (unpaired) electrons. The van der Waals surface area contributed by atoms with Gasteiger partial charge in [-0.2, -0.15) is 5.10 Å². The summed E-state index contributed by atoms with van der Waals surface area (Å²) in [7, 11) is 1.60. The molecule has 2 N–H and O–H groups in total. The molecule has 1 aliphatic carbocycles. The van der Waals surface area contributed by atoms with Crippen LogP contribution in [0.2, 0.25) is 0 Å². The molecule has 1 saturated carbocycles. The Labute approximate surface area is 154 Å². The fraction of sp³-hybridized carbons (Fsp3) is 0.500. The van der Waals surface area contributed by atoms with Gasteiger partial charge in [0.2, 0.25) is 0 Å². The molecular formula is C20H27N3O3. The highest BCUT2D eigenvalue weighted by atomic mass is 16.5. The van der Waals surface area contributed by atoms with Crippen molar-refractivity contribution in [2.45, 2.75) is 44.6 Å². The van der Waals surface area contributed by atoms with Gasteiger partial charge in [0.25, 0.3) is 5.91 Å². The Hall–Kier alpha value is -2.34. The normalized spacial score (nSPS) is 16.2. The van der Waals surface area contributed by atoms with E-state index in [0.717, 1.165) is 12.1 Å². The number of nitrogens with zero attached hydrogens (tertiary/aromatic N) is 2. The van der Waals surface area contributed by atoms with Crippen LogP contribution >= 0.6 is 0 Å². The first kappa shape index (κ1) is 18.5. The predicted molar refractivity (Wildman–Crippen MR) is 99.6 cm³/mol. The summed E-state index contributed by atoms with van der Waals surface area (Å²) in [6, 6.07) is 7.30. The second-order valence-electron chi connectivity index (χ2n) is 6.94. The van der Waals surface area contributed by atoms with Gasteiger partial charge in [0, 0.05) is 6.20 Å². The largest absolute Gasteiger partial charge is 0.494 e. The number of carbonyl (C=O) groups is 1. The average molecular weight is 357 g/mol. The van der Waals surface area contributed by atoms with Crippen LogP contribution in [0, 0.1) is 5.92 Å². The van der Waals surface area contributed by atoms with Crippen molar-refractivity contribution in [2.75, 3.05) is 13.7 Å². The number of aliphatic hydroxyl groups is 1. The standard InChI is InChI=1S/C20H27N3O3/c1-26-19-10-6-5-9-18(19)23-13-16(12-21-23)20(25)22-17(14-24)11-15-7-3-2-4-8-15/h5-6,9-10,12-13,15,17,24H,2-4,7-8,11,14H2,1H3,(H,22,25)/t17-/m0/s1. The van der Waals surface area contributed by atoms with E-state index in [4.69, 9.17) is 4.74 Å². The summed E-state index contributed by atoms with van der Waals surface area (Å²) in [5, 5.41) is 16.9. The maximum Gasteiger partial charge on any atom is 0.254 e. The van der Waals surface area contributed by atoms with Gasteiger partial charge in [-0.3, -0.25) is 4.79 Å². The first-order valence-electron chi connectivity index (χ1n) is 9.31. The van der Waals surface area contributed by atoms with Crippen LogP contribution in [0.3, 0.4) is 0 Å². The summed E-state index contributed by atoms with van der Waals surface area (Å²) in [6.07, 6.45) is 10.2. The lowest BCUT2D eigenvalue weighted by Gasteiger charge is -2.26. The van der Waals surface area contributed by atoms with Crippen LogP contribution < -0.4 is 10.1 Å². The summed E-state index contributed by atoms with van der Waals surface area (Å²) >= 11 is 0. The lowest BCUT2D eigenvalue weighted by Crippen LogP contribution is -2.39. The number of nitrogens with one attached hydrogen (secondary N) is 1. The maximum absolute atomic E-state index is 12.5. The summed E-state index contributed by atoms with van der Waals surface area (Å²) in [4.78, 5) is 12.5. The third-order valence-corrected chi connectivity index (χ3v) is 5.07. The molecular weight excluding hydrogens is 330 g/mol. The average Bonchev–Trinajstić information content (AvgIpc) is 3.18. The van der Waals surface area contributed by atoms with E-state index < -0.39 is 0 Å². The Kier molecular flexibility index (Phi) is 6.28. The van der Waals surface area contributed by atoms with Crippen LogP contribution in [0.5, 0.6) is 5.75 Å². The lowest BCUT2D eigenvalue weighted by molar-refractivity contribution is 0.0902. The molecule has 1 fully saturated rings. The molecule has 1 atom stereocenters. The fourth-order valence-corrected chi connectivity index (χ4v) is 3.66. The second-order valence-corrected chi connectivity index (χ2v) is 6.94. The van der Waals surface area contributed by atoms with Crippen molar-refractivity contribution in [2.24, 2.45) is 5.92 Å². The number of ether oxygens (including phenoxy) is 1. The van der Waals surface area contributed by atoms with Gasteiger partial charge in [0.05, 0.1) is 31.5 Å². The summed E-state index contributed by atoms with van der Waals surface area (Å²) in [5.74, 6) is 1.08. The van der Waals surface area contributed by atoms with Crippen LogP contribution in [0.25, 0.3) is 5.69 Å². The molecule has 1 amide bonds. The van der Waals surface area contributed by atoms with Crippen molar-refractivity contribution in [1.29, 1.82) is 0 Å². The lowest BCUT2D eigenvalue weighted by atomic mass is 9.85. The van der Waals surface area contributed by atoms with E-state index in [0.29, 0.717) is 17.2 Å². The molecule has 0 bridgehead atoms. The number of aromatic nitrogens is 2. The van der Waals surface area contributed by atoms with E-state index in [1.165, 1.54) is 38.3 Å². The van der Waals surface area contributed by atoms with E-state index in [-0.39, 0.29) is 18.6 Å². The smallest absolute Gasteiger partial charge is 0.254 e. The topological polar surface area (TPSA) is 76.4 Å². The molecule has 140 valence electrons. The number of amides is 1. The Bertz CT molecular complexity index is 723. The third-order valence-electron chi connectivity index (χ3n) is 5.07. The van der Waals surface area contributed by atoms with Crippen molar-refractivity contribution in [1.82, 2.24) is 15.1 Å². The van der Waals surface area contributed by atoms with Crippen molar-refractivity contribution in [3.05, 3.63) is 42.2 Å². The second kappa shape index (κ2) is 8.85. The zero-order chi connectivity index (χ0) is 18.4. The van der Waals surface area contributed by atoms with Gasteiger partial charge in [0.15, 0.2) is 0 Å². The van der Waals surface area contributed by atoms with Crippen molar-refractivity contribution in [3.63, 3.8) is 0 Å². The Morgan fingerprint density at radius 2 is 2.12 bits per heavy atom. The van der Waals surface area contributed by atoms with E-state index in [1.54, 1.807) is 18.0 Å². The molecule has 6 nitrogen and oxygen atoms in total. The monoisotopic (exact) mass is 357 g/mol. The number of hydrogen-bond acceptors (Lipinski definition) is 4. The number of rotatable bonds is 7. The number of aliphatic hydroxyl groups excluding tert-OH is 1. The van der Waals surface area contributed by atoms with Gasteiger partial charge in [-0.05, 0) is 24.5 Å². The van der Waals surface area contributed by atoms with Crippen molar-refractivity contribution in [3.8, 4) is 11.4 Å². The zero-order valence-electron chi connectivity index (χ0n) is 15.2. The van der Waals surface area contributed by atoms with E-state index in [1.807, 2.05) is 24.3 Å². The van der Waals surface area contributed by atoms with Gasteiger partial charge >= 0.3 is 0 Å². The van der Waals surface area contributed by atoms with Gasteiger partial charge in [0.1, 0.15) is 11.4 Å².